The molecule has 0 radical (unpaired) electrons. The van der Waals surface area contributed by atoms with Crippen LogP contribution in [0.25, 0.3) is 0 Å². The van der Waals surface area contributed by atoms with Crippen molar-refractivity contribution in [1.29, 1.82) is 0 Å². The van der Waals surface area contributed by atoms with Gasteiger partial charge in [-0.1, -0.05) is 133 Å². The van der Waals surface area contributed by atoms with Crippen molar-refractivity contribution in [2.75, 3.05) is 31.5 Å². The van der Waals surface area contributed by atoms with Gasteiger partial charge in [0.05, 0.1) is 23.2 Å². The van der Waals surface area contributed by atoms with Crippen LogP contribution >= 0.6 is 12.2 Å². The molecular weight excluding hydrogens is 589 g/mol. The first kappa shape index (κ1) is 30.9. The normalized spacial score (nSPS) is 13.4. The van der Waals surface area contributed by atoms with E-state index in [2.05, 4.69) is 64.1 Å². The van der Waals surface area contributed by atoms with E-state index in [9.17, 15) is 9.59 Å². The largest absolute Gasteiger partial charge is 0.336 e. The van der Waals surface area contributed by atoms with Crippen molar-refractivity contribution in [3.63, 3.8) is 0 Å². The molecule has 1 saturated heterocycles. The van der Waals surface area contributed by atoms with Crippen LogP contribution in [0, 0.1) is 0 Å². The average molecular weight is 625 g/mol. The van der Waals surface area contributed by atoms with Crippen LogP contribution in [0.1, 0.15) is 44.6 Å². The highest BCUT2D eigenvalue weighted by Crippen LogP contribution is 2.30. The molecule has 230 valence electrons. The summed E-state index contributed by atoms with van der Waals surface area (Å²) in [5.41, 5.74) is 5.28. The lowest BCUT2D eigenvalue weighted by molar-refractivity contribution is -0.120. The zero-order valence-electron chi connectivity index (χ0n) is 25.5. The summed E-state index contributed by atoms with van der Waals surface area (Å²) in [6, 6.07) is 47.7. The quantitative estimate of drug-likeness (QED) is 0.184. The fourth-order valence-corrected chi connectivity index (χ4v) is 6.35. The Kier molecular flexibility index (Phi) is 9.93. The standard InChI is InChI=1S/C39H36N4O2S/c44-37(35(29-15-5-1-6-16-29)30-17-7-2-8-18-30)41-39(46)40-34-24-14-13-23-33(34)38(45)43-27-25-42(26-28-43)36(31-19-9-3-10-20-31)32-21-11-4-12-22-32/h1-24,35-36H,25-28H2,(H2,40,41,44,46). The second-order valence-corrected chi connectivity index (χ2v) is 11.7. The summed E-state index contributed by atoms with van der Waals surface area (Å²) in [5.74, 6) is -0.855. The van der Waals surface area contributed by atoms with E-state index < -0.39 is 5.92 Å². The molecule has 0 bridgehead atoms. The molecule has 0 spiro atoms. The number of nitrogens with one attached hydrogen (secondary N) is 2. The van der Waals surface area contributed by atoms with Crippen LogP contribution in [0.4, 0.5) is 5.69 Å². The predicted molar refractivity (Wildman–Crippen MR) is 188 cm³/mol. The number of para-hydroxylation sites is 1. The number of amides is 2. The van der Waals surface area contributed by atoms with Crippen molar-refractivity contribution in [3.05, 3.63) is 173 Å². The average Bonchev–Trinajstić information content (AvgIpc) is 3.11. The summed E-state index contributed by atoms with van der Waals surface area (Å²) in [5, 5.41) is 6.14. The number of anilines is 1. The van der Waals surface area contributed by atoms with E-state index in [1.165, 1.54) is 11.1 Å². The van der Waals surface area contributed by atoms with E-state index in [1.54, 1.807) is 6.07 Å². The molecule has 1 aliphatic heterocycles. The number of rotatable bonds is 8. The van der Waals surface area contributed by atoms with E-state index in [-0.39, 0.29) is 23.0 Å². The van der Waals surface area contributed by atoms with Gasteiger partial charge in [0.2, 0.25) is 5.91 Å². The highest BCUT2D eigenvalue weighted by atomic mass is 32.1. The zero-order chi connectivity index (χ0) is 31.7. The molecule has 0 saturated carbocycles. The maximum Gasteiger partial charge on any atom is 0.256 e. The number of thiocarbonyl (C=S) groups is 1. The molecule has 2 N–H and O–H groups in total. The van der Waals surface area contributed by atoms with Gasteiger partial charge in [0, 0.05) is 26.2 Å². The smallest absolute Gasteiger partial charge is 0.256 e. The molecule has 0 atom stereocenters. The fraction of sp³-hybridized carbons (Fsp3) is 0.154. The summed E-state index contributed by atoms with van der Waals surface area (Å²) in [7, 11) is 0. The van der Waals surface area contributed by atoms with Gasteiger partial charge in [-0.25, -0.2) is 0 Å². The summed E-state index contributed by atoms with van der Waals surface area (Å²) in [6.45, 7) is 2.68. The Labute approximate surface area is 275 Å². The summed E-state index contributed by atoms with van der Waals surface area (Å²) < 4.78 is 0. The van der Waals surface area contributed by atoms with Crippen molar-refractivity contribution in [3.8, 4) is 0 Å². The minimum absolute atomic E-state index is 0.0701. The Morgan fingerprint density at radius 2 is 1.00 bits per heavy atom. The molecule has 46 heavy (non-hydrogen) atoms. The van der Waals surface area contributed by atoms with Gasteiger partial charge in [-0.2, -0.15) is 0 Å². The number of hydrogen-bond acceptors (Lipinski definition) is 4. The van der Waals surface area contributed by atoms with Gasteiger partial charge in [0.1, 0.15) is 0 Å². The van der Waals surface area contributed by atoms with Crippen LogP contribution in [-0.2, 0) is 4.79 Å². The maximum atomic E-state index is 13.9. The van der Waals surface area contributed by atoms with E-state index in [0.29, 0.717) is 24.3 Å². The Bertz CT molecular complexity index is 1680. The Morgan fingerprint density at radius 1 is 0.565 bits per heavy atom. The van der Waals surface area contributed by atoms with E-state index in [4.69, 9.17) is 12.2 Å². The highest BCUT2D eigenvalue weighted by molar-refractivity contribution is 7.80. The van der Waals surface area contributed by atoms with Gasteiger partial charge >= 0.3 is 0 Å². The fourth-order valence-electron chi connectivity index (χ4n) is 6.14. The first-order valence-electron chi connectivity index (χ1n) is 15.5. The lowest BCUT2D eigenvalue weighted by Gasteiger charge is -2.40. The summed E-state index contributed by atoms with van der Waals surface area (Å²) in [4.78, 5) is 31.8. The van der Waals surface area contributed by atoms with Gasteiger partial charge in [-0.05, 0) is 46.6 Å². The molecule has 6 rings (SSSR count). The monoisotopic (exact) mass is 624 g/mol. The molecule has 1 heterocycles. The van der Waals surface area contributed by atoms with E-state index in [0.717, 1.165) is 24.2 Å². The van der Waals surface area contributed by atoms with Crippen molar-refractivity contribution in [2.45, 2.75) is 12.0 Å². The zero-order valence-corrected chi connectivity index (χ0v) is 26.3. The van der Waals surface area contributed by atoms with Gasteiger partial charge < -0.3 is 15.5 Å². The minimum Gasteiger partial charge on any atom is -0.336 e. The Morgan fingerprint density at radius 3 is 1.50 bits per heavy atom. The molecule has 1 aliphatic rings. The minimum atomic E-state index is -0.536. The van der Waals surface area contributed by atoms with Crippen LogP contribution in [0.5, 0.6) is 0 Å². The lowest BCUT2D eigenvalue weighted by atomic mass is 9.90. The van der Waals surface area contributed by atoms with Gasteiger partial charge in [0.25, 0.3) is 5.91 Å². The molecule has 5 aromatic rings. The van der Waals surface area contributed by atoms with Crippen LogP contribution in [0.2, 0.25) is 0 Å². The van der Waals surface area contributed by atoms with Gasteiger partial charge in [-0.3, -0.25) is 14.5 Å². The number of carbonyl (C=O) groups excluding carboxylic acids is 2. The van der Waals surface area contributed by atoms with Crippen molar-refractivity contribution in [1.82, 2.24) is 15.1 Å². The molecule has 5 aromatic carbocycles. The Balaban J connectivity index is 1.13. The first-order valence-corrected chi connectivity index (χ1v) is 15.9. The number of benzene rings is 5. The van der Waals surface area contributed by atoms with Crippen molar-refractivity contribution in [2.24, 2.45) is 0 Å². The second kappa shape index (κ2) is 14.8. The van der Waals surface area contributed by atoms with Gasteiger partial charge in [-0.15, -0.1) is 0 Å². The Hall–Kier alpha value is -5.11. The summed E-state index contributed by atoms with van der Waals surface area (Å²) >= 11 is 5.60. The van der Waals surface area contributed by atoms with E-state index in [1.807, 2.05) is 95.9 Å². The number of nitrogens with zero attached hydrogens (tertiary/aromatic N) is 2. The molecule has 6 nitrogen and oxygen atoms in total. The third-order valence-electron chi connectivity index (χ3n) is 8.37. The second-order valence-electron chi connectivity index (χ2n) is 11.3. The third-order valence-corrected chi connectivity index (χ3v) is 8.57. The summed E-state index contributed by atoms with van der Waals surface area (Å²) in [6.07, 6.45) is 0. The first-order chi connectivity index (χ1) is 22.6. The number of hydrogen-bond donors (Lipinski definition) is 2. The molecule has 2 amide bonds. The topological polar surface area (TPSA) is 64.7 Å². The lowest BCUT2D eigenvalue weighted by Crippen LogP contribution is -2.50. The number of piperazine rings is 1. The van der Waals surface area contributed by atoms with E-state index >= 15 is 0 Å². The molecule has 0 aromatic heterocycles. The van der Waals surface area contributed by atoms with Gasteiger partial charge in [0.15, 0.2) is 5.11 Å². The maximum absolute atomic E-state index is 13.9. The predicted octanol–water partition coefficient (Wildman–Crippen LogP) is 6.88. The molecule has 0 aliphatic carbocycles. The molecule has 1 fully saturated rings. The molecule has 0 unspecified atom stereocenters. The van der Waals surface area contributed by atoms with Crippen LogP contribution in [0.3, 0.4) is 0 Å². The van der Waals surface area contributed by atoms with Crippen LogP contribution in [-0.4, -0.2) is 52.9 Å². The van der Waals surface area contributed by atoms with Crippen molar-refractivity contribution >= 4 is 34.8 Å². The molecular formula is C39H36N4O2S. The number of carbonyl (C=O) groups is 2. The van der Waals surface area contributed by atoms with Crippen LogP contribution in [0.15, 0.2) is 146 Å². The third kappa shape index (κ3) is 7.23. The molecule has 7 heteroatoms. The highest BCUT2D eigenvalue weighted by Gasteiger charge is 2.30. The van der Waals surface area contributed by atoms with Crippen molar-refractivity contribution < 1.29 is 9.59 Å². The SMILES string of the molecule is O=C(NC(=S)Nc1ccccc1C(=O)N1CCN(C(c2ccccc2)c2ccccc2)CC1)C(c1ccccc1)c1ccccc1. The van der Waals surface area contributed by atoms with Crippen LogP contribution < -0.4 is 10.6 Å².